The van der Waals surface area contributed by atoms with Crippen LogP contribution in [0, 0.1) is 0 Å². The standard InChI is InChI=1S/C14H15F2N3O2S/c1-21-10-4-2-9(3-5-10)13-18-6-11(22-13)12(20)19-8-14(15,16)7-17/h2-6H,7-8,17H2,1H3,(H,19,20). The fraction of sp³-hybridized carbons (Fsp3) is 0.286. The molecule has 0 spiro atoms. The third-order valence-corrected chi connectivity index (χ3v) is 3.92. The molecule has 1 aromatic carbocycles. The lowest BCUT2D eigenvalue weighted by Gasteiger charge is -2.13. The molecule has 118 valence electrons. The van der Waals surface area contributed by atoms with Gasteiger partial charge in [0.15, 0.2) is 0 Å². The number of ether oxygens (including phenoxy) is 1. The van der Waals surface area contributed by atoms with Gasteiger partial charge in [-0.05, 0) is 24.3 Å². The molecule has 0 fully saturated rings. The van der Waals surface area contributed by atoms with Crippen molar-refractivity contribution < 1.29 is 18.3 Å². The van der Waals surface area contributed by atoms with Crippen LogP contribution in [0.4, 0.5) is 8.78 Å². The largest absolute Gasteiger partial charge is 0.497 e. The number of hydrogen-bond acceptors (Lipinski definition) is 5. The second kappa shape index (κ2) is 6.80. The van der Waals surface area contributed by atoms with Crippen LogP contribution in [-0.2, 0) is 0 Å². The van der Waals surface area contributed by atoms with E-state index in [1.807, 2.05) is 12.1 Å². The van der Waals surface area contributed by atoms with E-state index < -0.39 is 24.9 Å². The third kappa shape index (κ3) is 3.99. The summed E-state index contributed by atoms with van der Waals surface area (Å²) in [4.78, 5) is 16.2. The molecule has 5 nitrogen and oxygen atoms in total. The van der Waals surface area contributed by atoms with Crippen LogP contribution in [0.1, 0.15) is 9.67 Å². The predicted molar refractivity (Wildman–Crippen MR) is 80.4 cm³/mol. The molecule has 0 aliphatic heterocycles. The van der Waals surface area contributed by atoms with E-state index in [4.69, 9.17) is 10.5 Å². The Morgan fingerprint density at radius 3 is 2.68 bits per heavy atom. The van der Waals surface area contributed by atoms with Gasteiger partial charge in [-0.3, -0.25) is 4.79 Å². The highest BCUT2D eigenvalue weighted by Crippen LogP contribution is 2.26. The number of rotatable bonds is 6. The first-order valence-corrected chi connectivity index (χ1v) is 7.23. The highest BCUT2D eigenvalue weighted by atomic mass is 32.1. The van der Waals surface area contributed by atoms with Crippen LogP contribution < -0.4 is 15.8 Å². The topological polar surface area (TPSA) is 77.2 Å². The van der Waals surface area contributed by atoms with E-state index in [1.165, 1.54) is 6.20 Å². The molecule has 0 aliphatic rings. The van der Waals surface area contributed by atoms with Gasteiger partial charge in [-0.1, -0.05) is 0 Å². The normalized spacial score (nSPS) is 11.3. The summed E-state index contributed by atoms with van der Waals surface area (Å²) in [5, 5.41) is 2.78. The van der Waals surface area contributed by atoms with Crippen molar-refractivity contribution in [2.75, 3.05) is 20.2 Å². The molecule has 0 atom stereocenters. The molecule has 2 aromatic rings. The Bertz CT molecular complexity index is 644. The van der Waals surface area contributed by atoms with Crippen LogP contribution in [-0.4, -0.2) is 37.0 Å². The zero-order valence-electron chi connectivity index (χ0n) is 11.8. The molecule has 0 unspecified atom stereocenters. The molecule has 8 heteroatoms. The Morgan fingerprint density at radius 2 is 2.09 bits per heavy atom. The monoisotopic (exact) mass is 327 g/mol. The Labute approximate surface area is 130 Å². The van der Waals surface area contributed by atoms with Crippen molar-refractivity contribution in [2.45, 2.75) is 5.92 Å². The quantitative estimate of drug-likeness (QED) is 0.852. The van der Waals surface area contributed by atoms with Crippen molar-refractivity contribution in [3.8, 4) is 16.3 Å². The van der Waals surface area contributed by atoms with Gasteiger partial charge in [-0.25, -0.2) is 13.8 Å². The van der Waals surface area contributed by atoms with Gasteiger partial charge in [-0.2, -0.15) is 0 Å². The number of methoxy groups -OCH3 is 1. The predicted octanol–water partition coefficient (Wildman–Crippen LogP) is 2.14. The minimum Gasteiger partial charge on any atom is -0.497 e. The maximum atomic E-state index is 13.0. The first kappa shape index (κ1) is 16.3. The Kier molecular flexibility index (Phi) is 5.04. The summed E-state index contributed by atoms with van der Waals surface area (Å²) in [6.07, 6.45) is 1.36. The Balaban J connectivity index is 2.05. The number of thiazole rings is 1. The summed E-state index contributed by atoms with van der Waals surface area (Å²) >= 11 is 1.13. The summed E-state index contributed by atoms with van der Waals surface area (Å²) < 4.78 is 31.1. The number of benzene rings is 1. The first-order valence-electron chi connectivity index (χ1n) is 6.41. The number of aromatic nitrogens is 1. The molecule has 0 radical (unpaired) electrons. The SMILES string of the molecule is COc1ccc(-c2ncc(C(=O)NCC(F)(F)CN)s2)cc1. The van der Waals surface area contributed by atoms with E-state index in [-0.39, 0.29) is 4.88 Å². The molecule has 1 aromatic heterocycles. The summed E-state index contributed by atoms with van der Waals surface area (Å²) in [5.74, 6) is -2.99. The minimum absolute atomic E-state index is 0.263. The summed E-state index contributed by atoms with van der Waals surface area (Å²) in [7, 11) is 1.57. The van der Waals surface area contributed by atoms with Gasteiger partial charge in [0, 0.05) is 5.56 Å². The molecule has 0 saturated heterocycles. The highest BCUT2D eigenvalue weighted by molar-refractivity contribution is 7.16. The number of amides is 1. The van der Waals surface area contributed by atoms with Crippen molar-refractivity contribution in [3.05, 3.63) is 35.3 Å². The number of nitrogens with two attached hydrogens (primary N) is 1. The number of nitrogens with one attached hydrogen (secondary N) is 1. The fourth-order valence-corrected chi connectivity index (χ4v) is 2.45. The number of alkyl halides is 2. The van der Waals surface area contributed by atoms with Crippen molar-refractivity contribution in [3.63, 3.8) is 0 Å². The van der Waals surface area contributed by atoms with Crippen LogP contribution in [0.2, 0.25) is 0 Å². The average Bonchev–Trinajstić information content (AvgIpc) is 3.03. The second-order valence-corrected chi connectivity index (χ2v) is 5.53. The van der Waals surface area contributed by atoms with Crippen molar-refractivity contribution >= 4 is 17.2 Å². The van der Waals surface area contributed by atoms with Crippen LogP contribution in [0.15, 0.2) is 30.5 Å². The van der Waals surface area contributed by atoms with Gasteiger partial charge in [0.2, 0.25) is 0 Å². The van der Waals surface area contributed by atoms with E-state index in [2.05, 4.69) is 10.3 Å². The molecule has 22 heavy (non-hydrogen) atoms. The molecule has 0 saturated carbocycles. The van der Waals surface area contributed by atoms with Crippen LogP contribution in [0.25, 0.3) is 10.6 Å². The third-order valence-electron chi connectivity index (χ3n) is 2.87. The molecule has 2 rings (SSSR count). The van der Waals surface area contributed by atoms with Crippen LogP contribution in [0.5, 0.6) is 5.75 Å². The van der Waals surface area contributed by atoms with Gasteiger partial charge in [0.05, 0.1) is 26.4 Å². The number of hydrogen-bond donors (Lipinski definition) is 2. The van der Waals surface area contributed by atoms with E-state index in [1.54, 1.807) is 19.2 Å². The zero-order valence-corrected chi connectivity index (χ0v) is 12.6. The van der Waals surface area contributed by atoms with Gasteiger partial charge in [0.25, 0.3) is 11.8 Å². The number of carbonyl (C=O) groups excluding carboxylic acids is 1. The molecular weight excluding hydrogens is 312 g/mol. The van der Waals surface area contributed by atoms with Gasteiger partial charge in [-0.15, -0.1) is 11.3 Å². The van der Waals surface area contributed by atoms with Crippen LogP contribution >= 0.6 is 11.3 Å². The van der Waals surface area contributed by atoms with E-state index >= 15 is 0 Å². The minimum atomic E-state index is -3.11. The smallest absolute Gasteiger partial charge is 0.277 e. The van der Waals surface area contributed by atoms with E-state index in [0.717, 1.165) is 16.9 Å². The summed E-state index contributed by atoms with van der Waals surface area (Å²) in [6, 6.07) is 7.17. The number of carbonyl (C=O) groups is 1. The number of nitrogens with zero attached hydrogens (tertiary/aromatic N) is 1. The van der Waals surface area contributed by atoms with Crippen molar-refractivity contribution in [1.29, 1.82) is 0 Å². The average molecular weight is 327 g/mol. The fourth-order valence-electron chi connectivity index (χ4n) is 1.62. The maximum absolute atomic E-state index is 13.0. The second-order valence-electron chi connectivity index (χ2n) is 4.50. The summed E-state index contributed by atoms with van der Waals surface area (Å²) in [6.45, 7) is -1.61. The number of halogens is 2. The molecule has 0 bridgehead atoms. The molecular formula is C14H15F2N3O2S. The molecule has 0 aliphatic carbocycles. The van der Waals surface area contributed by atoms with Crippen molar-refractivity contribution in [1.82, 2.24) is 10.3 Å². The summed E-state index contributed by atoms with van der Waals surface area (Å²) in [5.41, 5.74) is 5.73. The van der Waals surface area contributed by atoms with Crippen molar-refractivity contribution in [2.24, 2.45) is 5.73 Å². The molecule has 3 N–H and O–H groups in total. The van der Waals surface area contributed by atoms with E-state index in [9.17, 15) is 13.6 Å². The molecule has 1 heterocycles. The highest BCUT2D eigenvalue weighted by Gasteiger charge is 2.27. The lowest BCUT2D eigenvalue weighted by Crippen LogP contribution is -2.41. The zero-order chi connectivity index (χ0) is 16.2. The lowest BCUT2D eigenvalue weighted by molar-refractivity contribution is 0.0119. The van der Waals surface area contributed by atoms with Crippen LogP contribution in [0.3, 0.4) is 0 Å². The Morgan fingerprint density at radius 1 is 1.41 bits per heavy atom. The van der Waals surface area contributed by atoms with E-state index in [0.29, 0.717) is 10.8 Å². The first-order chi connectivity index (χ1) is 10.4. The van der Waals surface area contributed by atoms with Gasteiger partial charge >= 0.3 is 0 Å². The lowest BCUT2D eigenvalue weighted by atomic mass is 10.2. The van der Waals surface area contributed by atoms with Gasteiger partial charge in [0.1, 0.15) is 15.6 Å². The Hall–Kier alpha value is -2.06. The van der Waals surface area contributed by atoms with Gasteiger partial charge < -0.3 is 15.8 Å². The molecule has 1 amide bonds. The maximum Gasteiger partial charge on any atom is 0.277 e.